The summed E-state index contributed by atoms with van der Waals surface area (Å²) < 4.78 is 12.1. The van der Waals surface area contributed by atoms with E-state index in [1.807, 2.05) is 98.8 Å². The first kappa shape index (κ1) is 29.3. The van der Waals surface area contributed by atoms with E-state index in [1.54, 1.807) is 0 Å². The van der Waals surface area contributed by atoms with Crippen LogP contribution in [0.25, 0.3) is 44.6 Å². The molecule has 0 atom stereocenters. The number of pyridine rings is 6. The van der Waals surface area contributed by atoms with Crippen molar-refractivity contribution in [3.05, 3.63) is 143 Å². The van der Waals surface area contributed by atoms with E-state index >= 15 is 0 Å². The van der Waals surface area contributed by atoms with E-state index in [0.717, 1.165) is 78.7 Å². The molecule has 7 aromatic rings. The molecule has 8 heteroatoms. The van der Waals surface area contributed by atoms with Crippen molar-refractivity contribution in [2.75, 3.05) is 0 Å². The van der Waals surface area contributed by atoms with Crippen LogP contribution in [0.4, 0.5) is 0 Å². The van der Waals surface area contributed by atoms with Gasteiger partial charge in [-0.25, -0.2) is 19.9 Å². The number of aryl methyl sites for hydroxylation is 2. The van der Waals surface area contributed by atoms with Crippen molar-refractivity contribution in [1.82, 2.24) is 29.9 Å². The highest BCUT2D eigenvalue weighted by molar-refractivity contribution is 6.02. The molecule has 226 valence electrons. The van der Waals surface area contributed by atoms with Gasteiger partial charge in [0.2, 0.25) is 0 Å². The predicted molar refractivity (Wildman–Crippen MR) is 178 cm³/mol. The highest BCUT2D eigenvalue weighted by Gasteiger charge is 2.09. The van der Waals surface area contributed by atoms with Crippen molar-refractivity contribution in [1.29, 1.82) is 0 Å². The minimum absolute atomic E-state index is 0.355. The summed E-state index contributed by atoms with van der Waals surface area (Å²) in [4.78, 5) is 28.6. The number of fused-ring (bicyclic) bond motifs is 3. The van der Waals surface area contributed by atoms with Crippen LogP contribution in [-0.4, -0.2) is 29.9 Å². The number of ether oxygens (including phenoxy) is 2. The molecular weight excluding hydrogens is 572 g/mol. The number of benzene rings is 1. The molecule has 0 aliphatic carbocycles. The molecule has 1 aromatic carbocycles. The Bertz CT molecular complexity index is 2010. The molecule has 0 amide bonds. The molecule has 0 radical (unpaired) electrons. The second-order valence-corrected chi connectivity index (χ2v) is 11.2. The van der Waals surface area contributed by atoms with Gasteiger partial charge in [0.15, 0.2) is 0 Å². The Kier molecular flexibility index (Phi) is 8.45. The van der Waals surface area contributed by atoms with E-state index < -0.39 is 0 Å². The first-order chi connectivity index (χ1) is 22.6. The molecular formula is C38H32N6O2. The summed E-state index contributed by atoms with van der Waals surface area (Å²) in [6, 6.07) is 35.9. The first-order valence-corrected chi connectivity index (χ1v) is 15.2. The van der Waals surface area contributed by atoms with E-state index in [-0.39, 0.29) is 0 Å². The summed E-state index contributed by atoms with van der Waals surface area (Å²) in [7, 11) is 0. The first-order valence-electron chi connectivity index (χ1n) is 15.2. The third kappa shape index (κ3) is 6.78. The Balaban J connectivity index is 1.02. The highest BCUT2D eigenvalue weighted by atomic mass is 16.5. The lowest BCUT2D eigenvalue weighted by atomic mass is 10.1. The lowest BCUT2D eigenvalue weighted by molar-refractivity contribution is 0.102. The molecule has 0 unspecified atom stereocenters. The molecule has 0 saturated heterocycles. The van der Waals surface area contributed by atoms with Crippen molar-refractivity contribution in [3.8, 4) is 22.8 Å². The largest absolute Gasteiger partial charge is 0.369 e. The fraction of sp³-hybridized carbons (Fsp3) is 0.158. The van der Waals surface area contributed by atoms with Crippen molar-refractivity contribution in [2.24, 2.45) is 0 Å². The second kappa shape index (κ2) is 13.3. The number of hydrogen-bond donors (Lipinski definition) is 0. The third-order valence-corrected chi connectivity index (χ3v) is 7.55. The quantitative estimate of drug-likeness (QED) is 0.146. The van der Waals surface area contributed by atoms with Crippen LogP contribution in [0.2, 0.25) is 0 Å². The number of rotatable bonds is 10. The van der Waals surface area contributed by atoms with Gasteiger partial charge in [0.05, 0.1) is 83.0 Å². The smallest absolute Gasteiger partial charge is 0.0969 e. The van der Waals surface area contributed by atoms with Crippen molar-refractivity contribution < 1.29 is 9.47 Å². The minimum atomic E-state index is 0.355. The maximum atomic E-state index is 6.05. The Morgan fingerprint density at radius 2 is 0.717 bits per heavy atom. The van der Waals surface area contributed by atoms with Gasteiger partial charge >= 0.3 is 0 Å². The maximum Gasteiger partial charge on any atom is 0.0969 e. The normalized spacial score (nSPS) is 11.3. The molecule has 0 spiro atoms. The number of aromatic nitrogens is 6. The number of hydrogen-bond acceptors (Lipinski definition) is 8. The Morgan fingerprint density at radius 1 is 0.370 bits per heavy atom. The van der Waals surface area contributed by atoms with Crippen LogP contribution in [-0.2, 0) is 35.9 Å². The SMILES string of the molecule is Cc1cccc(-c2cccc(COCc3ccc4ccc5ccc(COCc6cccc(-c7cccc(C)n7)n6)nc5c4n3)n2)n1. The van der Waals surface area contributed by atoms with Crippen LogP contribution in [0, 0.1) is 13.8 Å². The molecule has 7 rings (SSSR count). The molecule has 0 saturated carbocycles. The monoisotopic (exact) mass is 604 g/mol. The Hall–Kier alpha value is -5.44. The van der Waals surface area contributed by atoms with E-state index in [1.165, 1.54) is 0 Å². The lowest BCUT2D eigenvalue weighted by Crippen LogP contribution is -2.01. The Labute approximate surface area is 267 Å². The maximum absolute atomic E-state index is 6.05. The predicted octanol–water partition coefficient (Wildman–Crippen LogP) is 7.75. The van der Waals surface area contributed by atoms with Crippen LogP contribution in [0.3, 0.4) is 0 Å². The van der Waals surface area contributed by atoms with Gasteiger partial charge in [-0.15, -0.1) is 0 Å². The Morgan fingerprint density at radius 3 is 1.13 bits per heavy atom. The zero-order valence-electron chi connectivity index (χ0n) is 25.7. The third-order valence-electron chi connectivity index (χ3n) is 7.55. The molecule has 6 heterocycles. The molecule has 0 fully saturated rings. The summed E-state index contributed by atoms with van der Waals surface area (Å²) in [5.41, 5.74) is 10.3. The zero-order chi connectivity index (χ0) is 31.3. The molecule has 0 N–H and O–H groups in total. The van der Waals surface area contributed by atoms with Gasteiger partial charge < -0.3 is 9.47 Å². The van der Waals surface area contributed by atoms with Gasteiger partial charge in [0.1, 0.15) is 0 Å². The average molecular weight is 605 g/mol. The summed E-state index contributed by atoms with van der Waals surface area (Å²) in [6.45, 7) is 5.40. The molecule has 0 aliphatic rings. The molecule has 6 aromatic heterocycles. The lowest BCUT2D eigenvalue weighted by Gasteiger charge is -2.09. The fourth-order valence-corrected chi connectivity index (χ4v) is 5.31. The van der Waals surface area contributed by atoms with Gasteiger partial charge in [0, 0.05) is 22.2 Å². The van der Waals surface area contributed by atoms with E-state index in [2.05, 4.69) is 34.2 Å². The summed E-state index contributed by atoms with van der Waals surface area (Å²) in [6.07, 6.45) is 0. The van der Waals surface area contributed by atoms with Crippen LogP contribution < -0.4 is 0 Å². The molecule has 0 bridgehead atoms. The van der Waals surface area contributed by atoms with Gasteiger partial charge in [0.25, 0.3) is 0 Å². The summed E-state index contributed by atoms with van der Waals surface area (Å²) in [5.74, 6) is 0. The van der Waals surface area contributed by atoms with Gasteiger partial charge in [-0.2, -0.15) is 0 Å². The van der Waals surface area contributed by atoms with E-state index in [0.29, 0.717) is 26.4 Å². The van der Waals surface area contributed by atoms with E-state index in [9.17, 15) is 0 Å². The molecule has 0 aliphatic heterocycles. The van der Waals surface area contributed by atoms with Gasteiger partial charge in [-0.1, -0.05) is 48.5 Å². The topological polar surface area (TPSA) is 95.8 Å². The van der Waals surface area contributed by atoms with Gasteiger partial charge in [-0.05, 0) is 74.5 Å². The second-order valence-electron chi connectivity index (χ2n) is 11.2. The number of nitrogens with zero attached hydrogens (tertiary/aromatic N) is 6. The van der Waals surface area contributed by atoms with Crippen LogP contribution in [0.15, 0.2) is 109 Å². The van der Waals surface area contributed by atoms with Crippen LogP contribution >= 0.6 is 0 Å². The summed E-state index contributed by atoms with van der Waals surface area (Å²) >= 11 is 0. The van der Waals surface area contributed by atoms with Crippen LogP contribution in [0.1, 0.15) is 34.2 Å². The van der Waals surface area contributed by atoms with E-state index in [4.69, 9.17) is 29.4 Å². The van der Waals surface area contributed by atoms with Gasteiger partial charge in [-0.3, -0.25) is 9.97 Å². The summed E-state index contributed by atoms with van der Waals surface area (Å²) in [5, 5.41) is 2.04. The standard InChI is InChI=1S/C38H32N6O2/c1-25-7-3-11-33(39-25)35-13-5-9-29(41-35)21-45-23-31-19-17-27-15-16-28-18-20-32(44-38(28)37(27)43-31)24-46-22-30-10-6-14-36(42-30)34-12-4-8-26(2)40-34/h3-20H,21-24H2,1-2H3. The van der Waals surface area contributed by atoms with Crippen molar-refractivity contribution in [2.45, 2.75) is 40.3 Å². The molecule has 8 nitrogen and oxygen atoms in total. The van der Waals surface area contributed by atoms with Crippen LogP contribution in [0.5, 0.6) is 0 Å². The molecule has 46 heavy (non-hydrogen) atoms. The van der Waals surface area contributed by atoms with Crippen molar-refractivity contribution >= 4 is 21.8 Å². The minimum Gasteiger partial charge on any atom is -0.369 e. The zero-order valence-corrected chi connectivity index (χ0v) is 25.7. The highest BCUT2D eigenvalue weighted by Crippen LogP contribution is 2.24. The average Bonchev–Trinajstić information content (AvgIpc) is 3.08. The van der Waals surface area contributed by atoms with Crippen molar-refractivity contribution in [3.63, 3.8) is 0 Å². The fourth-order valence-electron chi connectivity index (χ4n) is 5.31.